The van der Waals surface area contributed by atoms with E-state index in [-0.39, 0.29) is 24.8 Å². The summed E-state index contributed by atoms with van der Waals surface area (Å²) in [6.07, 6.45) is -0.196. The Morgan fingerprint density at radius 2 is 1.96 bits per heavy atom. The lowest BCUT2D eigenvalue weighted by Gasteiger charge is -2.34. The minimum atomic E-state index is -0.899. The van der Waals surface area contributed by atoms with E-state index in [2.05, 4.69) is 10.1 Å². The number of carbonyl (C=O) groups excluding carboxylic acids is 3. The summed E-state index contributed by atoms with van der Waals surface area (Å²) < 4.78 is 10.3. The second-order valence-corrected chi connectivity index (χ2v) is 6.46. The Bertz CT molecular complexity index is 886. The predicted molar refractivity (Wildman–Crippen MR) is 99.6 cm³/mol. The molecule has 0 radical (unpaired) electrons. The van der Waals surface area contributed by atoms with Crippen molar-refractivity contribution in [1.29, 1.82) is 0 Å². The number of amides is 2. The highest BCUT2D eigenvalue weighted by Gasteiger charge is 2.35. The predicted octanol–water partition coefficient (Wildman–Crippen LogP) is 1.76. The molecule has 0 aromatic heterocycles. The summed E-state index contributed by atoms with van der Waals surface area (Å²) in [4.78, 5) is 37.6. The maximum absolute atomic E-state index is 12.6. The van der Waals surface area contributed by atoms with Gasteiger partial charge in [-0.3, -0.25) is 14.4 Å². The van der Waals surface area contributed by atoms with Gasteiger partial charge in [0.15, 0.2) is 6.61 Å². The summed E-state index contributed by atoms with van der Waals surface area (Å²) in [5, 5.41) is 4.86. The Kier molecular flexibility index (Phi) is 5.81. The van der Waals surface area contributed by atoms with Crippen molar-refractivity contribution in [1.82, 2.24) is 10.2 Å². The Morgan fingerprint density at radius 3 is 2.70 bits per heavy atom. The zero-order valence-electron chi connectivity index (χ0n) is 14.7. The number of methoxy groups -OCH3 is 1. The number of hydrogen-bond donors (Lipinski definition) is 1. The van der Waals surface area contributed by atoms with Gasteiger partial charge in [0, 0.05) is 28.9 Å². The van der Waals surface area contributed by atoms with Crippen LogP contribution in [0.1, 0.15) is 6.42 Å². The van der Waals surface area contributed by atoms with Gasteiger partial charge in [-0.15, -0.1) is 0 Å². The monoisotopic (exact) mass is 390 g/mol. The van der Waals surface area contributed by atoms with E-state index < -0.39 is 12.0 Å². The molecule has 1 heterocycles. The molecule has 1 aliphatic rings. The third-order valence-corrected chi connectivity index (χ3v) is 4.75. The van der Waals surface area contributed by atoms with E-state index in [1.54, 1.807) is 12.1 Å². The fourth-order valence-electron chi connectivity index (χ4n) is 3.04. The van der Waals surface area contributed by atoms with Gasteiger partial charge in [-0.2, -0.15) is 0 Å². The molecule has 1 unspecified atom stereocenters. The molecule has 3 rings (SSSR count). The summed E-state index contributed by atoms with van der Waals surface area (Å²) in [7, 11) is 1.24. The van der Waals surface area contributed by atoms with Crippen LogP contribution in [0, 0.1) is 0 Å². The molecular weight excluding hydrogens is 372 g/mol. The van der Waals surface area contributed by atoms with Crippen LogP contribution in [0.2, 0.25) is 5.02 Å². The van der Waals surface area contributed by atoms with Crippen molar-refractivity contribution in [2.45, 2.75) is 12.5 Å². The number of esters is 1. The highest BCUT2D eigenvalue weighted by molar-refractivity contribution is 6.35. The molecule has 0 aliphatic carbocycles. The van der Waals surface area contributed by atoms with Gasteiger partial charge in [-0.25, -0.2) is 0 Å². The van der Waals surface area contributed by atoms with Gasteiger partial charge in [-0.05, 0) is 12.1 Å². The van der Waals surface area contributed by atoms with E-state index in [1.807, 2.05) is 24.3 Å². The molecule has 1 fully saturated rings. The summed E-state index contributed by atoms with van der Waals surface area (Å²) in [5.41, 5.74) is 0. The maximum atomic E-state index is 12.6. The number of carbonyl (C=O) groups is 3. The van der Waals surface area contributed by atoms with E-state index in [9.17, 15) is 14.4 Å². The number of nitrogens with one attached hydrogen (secondary N) is 1. The Hall–Kier alpha value is -2.80. The average Bonchev–Trinajstić information content (AvgIpc) is 2.69. The van der Waals surface area contributed by atoms with Crippen molar-refractivity contribution in [3.05, 3.63) is 41.4 Å². The molecule has 1 saturated heterocycles. The SMILES string of the molecule is COC(=O)CC1C(=O)NCCN1C(=O)COc1ccc(Cl)c2ccccc12. The van der Waals surface area contributed by atoms with Gasteiger partial charge in [-0.1, -0.05) is 35.9 Å². The van der Waals surface area contributed by atoms with E-state index in [0.717, 1.165) is 10.8 Å². The van der Waals surface area contributed by atoms with E-state index in [1.165, 1.54) is 12.0 Å². The minimum Gasteiger partial charge on any atom is -0.483 e. The number of rotatable bonds is 5. The van der Waals surface area contributed by atoms with Crippen molar-refractivity contribution in [2.75, 3.05) is 26.8 Å². The molecule has 0 spiro atoms. The van der Waals surface area contributed by atoms with Crippen LogP contribution in [0.25, 0.3) is 10.8 Å². The number of nitrogens with zero attached hydrogens (tertiary/aromatic N) is 1. The third-order valence-electron chi connectivity index (χ3n) is 4.42. The summed E-state index contributed by atoms with van der Waals surface area (Å²) in [6.45, 7) is 0.375. The lowest BCUT2D eigenvalue weighted by atomic mass is 10.1. The van der Waals surface area contributed by atoms with Crippen LogP contribution in [0.3, 0.4) is 0 Å². The van der Waals surface area contributed by atoms with Crippen LogP contribution >= 0.6 is 11.6 Å². The fraction of sp³-hybridized carbons (Fsp3) is 0.316. The van der Waals surface area contributed by atoms with Gasteiger partial charge in [0.2, 0.25) is 5.91 Å². The van der Waals surface area contributed by atoms with Gasteiger partial charge < -0.3 is 19.7 Å². The van der Waals surface area contributed by atoms with Gasteiger partial charge in [0.1, 0.15) is 11.8 Å². The van der Waals surface area contributed by atoms with Crippen molar-refractivity contribution in [3.8, 4) is 5.75 Å². The van der Waals surface area contributed by atoms with E-state index in [4.69, 9.17) is 16.3 Å². The second kappa shape index (κ2) is 8.26. The molecular formula is C19H19ClN2O5. The quantitative estimate of drug-likeness (QED) is 0.786. The maximum Gasteiger partial charge on any atom is 0.308 e. The van der Waals surface area contributed by atoms with Crippen molar-refractivity contribution in [2.24, 2.45) is 0 Å². The van der Waals surface area contributed by atoms with Gasteiger partial charge >= 0.3 is 5.97 Å². The lowest BCUT2D eigenvalue weighted by molar-refractivity contribution is -0.151. The van der Waals surface area contributed by atoms with Crippen molar-refractivity contribution in [3.63, 3.8) is 0 Å². The number of benzene rings is 2. The largest absolute Gasteiger partial charge is 0.483 e. The molecule has 8 heteroatoms. The van der Waals surface area contributed by atoms with Crippen LogP contribution < -0.4 is 10.1 Å². The normalized spacial score (nSPS) is 16.7. The fourth-order valence-corrected chi connectivity index (χ4v) is 3.27. The number of halogens is 1. The molecule has 1 N–H and O–H groups in total. The summed E-state index contributed by atoms with van der Waals surface area (Å²) in [6, 6.07) is 9.96. The van der Waals surface area contributed by atoms with Crippen LogP contribution in [0.4, 0.5) is 0 Å². The van der Waals surface area contributed by atoms with Gasteiger partial charge in [0.25, 0.3) is 5.91 Å². The first kappa shape index (κ1) is 19.0. The molecule has 142 valence electrons. The first-order chi connectivity index (χ1) is 13.0. The second-order valence-electron chi connectivity index (χ2n) is 6.05. The first-order valence-corrected chi connectivity index (χ1v) is 8.83. The van der Waals surface area contributed by atoms with E-state index in [0.29, 0.717) is 23.9 Å². The number of fused-ring (bicyclic) bond motifs is 1. The van der Waals surface area contributed by atoms with Crippen LogP contribution in [0.5, 0.6) is 5.75 Å². The van der Waals surface area contributed by atoms with Crippen molar-refractivity contribution < 1.29 is 23.9 Å². The molecule has 0 bridgehead atoms. The van der Waals surface area contributed by atoms with E-state index >= 15 is 0 Å². The van der Waals surface area contributed by atoms with Gasteiger partial charge in [0.05, 0.1) is 13.5 Å². The minimum absolute atomic E-state index is 0.196. The summed E-state index contributed by atoms with van der Waals surface area (Å²) in [5.74, 6) is -0.788. The smallest absolute Gasteiger partial charge is 0.308 e. The zero-order valence-corrected chi connectivity index (χ0v) is 15.5. The number of hydrogen-bond acceptors (Lipinski definition) is 5. The number of piperazine rings is 1. The Balaban J connectivity index is 1.74. The van der Waals surface area contributed by atoms with Crippen LogP contribution in [-0.2, 0) is 19.1 Å². The Labute approximate surface area is 161 Å². The number of ether oxygens (including phenoxy) is 2. The third kappa shape index (κ3) is 4.14. The molecule has 2 aromatic rings. The Morgan fingerprint density at radius 1 is 1.22 bits per heavy atom. The highest BCUT2D eigenvalue weighted by Crippen LogP contribution is 2.31. The van der Waals surface area contributed by atoms with Crippen molar-refractivity contribution >= 4 is 40.2 Å². The molecule has 7 nitrogen and oxygen atoms in total. The molecule has 0 saturated carbocycles. The zero-order chi connectivity index (χ0) is 19.4. The first-order valence-electron chi connectivity index (χ1n) is 8.45. The molecule has 1 atom stereocenters. The van der Waals surface area contributed by atoms with Crippen LogP contribution in [0.15, 0.2) is 36.4 Å². The molecule has 2 amide bonds. The topological polar surface area (TPSA) is 84.9 Å². The molecule has 27 heavy (non-hydrogen) atoms. The molecule has 2 aromatic carbocycles. The lowest BCUT2D eigenvalue weighted by Crippen LogP contribution is -2.58. The highest BCUT2D eigenvalue weighted by atomic mass is 35.5. The summed E-state index contributed by atoms with van der Waals surface area (Å²) >= 11 is 6.19. The average molecular weight is 391 g/mol. The standard InChI is InChI=1S/C19H19ClN2O5/c1-26-18(24)10-15-19(25)21-8-9-22(15)17(23)11-27-16-7-6-14(20)12-4-2-3-5-13(12)16/h2-7,15H,8-11H2,1H3,(H,21,25). The molecule has 1 aliphatic heterocycles. The van der Waals surface area contributed by atoms with Crippen LogP contribution in [-0.4, -0.2) is 55.5 Å².